The van der Waals surface area contributed by atoms with Crippen molar-refractivity contribution >= 4 is 24.3 Å². The lowest BCUT2D eigenvalue weighted by molar-refractivity contribution is -0.132. The minimum Gasteiger partial charge on any atom is -0.493 e. The van der Waals surface area contributed by atoms with Gasteiger partial charge in [-0.15, -0.1) is 12.4 Å². The Morgan fingerprint density at radius 2 is 2.00 bits per heavy atom. The van der Waals surface area contributed by atoms with Gasteiger partial charge in [-0.3, -0.25) is 4.79 Å². The van der Waals surface area contributed by atoms with E-state index in [9.17, 15) is 14.4 Å². The largest absolute Gasteiger partial charge is 0.493 e. The average Bonchev–Trinajstić information content (AvgIpc) is 3.60. The number of hydrogen-bond donors (Lipinski definition) is 1. The van der Waals surface area contributed by atoms with Crippen LogP contribution in [0.5, 0.6) is 5.75 Å². The maximum absolute atomic E-state index is 14.8. The van der Waals surface area contributed by atoms with Crippen LogP contribution in [0, 0.1) is 29.0 Å². The van der Waals surface area contributed by atoms with Crippen LogP contribution in [0.3, 0.4) is 0 Å². The van der Waals surface area contributed by atoms with Crippen LogP contribution in [0.2, 0.25) is 0 Å². The van der Waals surface area contributed by atoms with Gasteiger partial charge in [0.2, 0.25) is 5.91 Å². The number of amides is 1. The van der Waals surface area contributed by atoms with E-state index in [4.69, 9.17) is 15.0 Å². The van der Waals surface area contributed by atoms with Gasteiger partial charge in [0.05, 0.1) is 18.7 Å². The van der Waals surface area contributed by atoms with Gasteiger partial charge in [0.1, 0.15) is 17.6 Å². The zero-order valence-electron chi connectivity index (χ0n) is 23.0. The van der Waals surface area contributed by atoms with Crippen LogP contribution in [0.4, 0.5) is 10.4 Å². The Morgan fingerprint density at radius 3 is 2.64 bits per heavy atom. The van der Waals surface area contributed by atoms with E-state index in [1.54, 1.807) is 12.1 Å². The lowest BCUT2D eigenvalue weighted by Crippen LogP contribution is -2.46. The average molecular weight is 563 g/mol. The maximum atomic E-state index is 14.8. The van der Waals surface area contributed by atoms with E-state index in [1.165, 1.54) is 11.0 Å². The van der Waals surface area contributed by atoms with Crippen LogP contribution >= 0.6 is 12.4 Å². The molecule has 39 heavy (non-hydrogen) atoms. The molecule has 0 radical (unpaired) electrons. The Labute approximate surface area is 236 Å². The molecular weight excluding hydrogens is 523 g/mol. The van der Waals surface area contributed by atoms with Crippen molar-refractivity contribution in [3.8, 4) is 11.8 Å². The third kappa shape index (κ3) is 7.61. The smallest absolute Gasteiger partial charge is 0.324 e. The summed E-state index contributed by atoms with van der Waals surface area (Å²) in [6.07, 6.45) is 4.50. The second kappa shape index (κ2) is 13.9. The summed E-state index contributed by atoms with van der Waals surface area (Å²) in [7, 11) is 0. The first-order valence-electron chi connectivity index (χ1n) is 13.7. The van der Waals surface area contributed by atoms with Crippen molar-refractivity contribution in [1.29, 1.82) is 5.26 Å². The second-order valence-corrected chi connectivity index (χ2v) is 10.9. The first-order chi connectivity index (χ1) is 18.3. The van der Waals surface area contributed by atoms with Gasteiger partial charge >= 0.3 is 6.01 Å². The molecule has 1 aromatic carbocycles. The number of rotatable bonds is 10. The van der Waals surface area contributed by atoms with E-state index in [-0.39, 0.29) is 30.7 Å². The predicted molar refractivity (Wildman–Crippen MR) is 148 cm³/mol. The third-order valence-electron chi connectivity index (χ3n) is 7.87. The number of benzene rings is 1. The SMILES string of the molecule is CC(C)c1noc(N2CCC(C(C)CCOc3ccc(CC(N)C(=O)N4CCCC4C#N)c(F)c3)CC2)n1.Cl. The van der Waals surface area contributed by atoms with Gasteiger partial charge in [-0.25, -0.2) is 4.39 Å². The summed E-state index contributed by atoms with van der Waals surface area (Å²) in [4.78, 5) is 20.8. The lowest BCUT2D eigenvalue weighted by Gasteiger charge is -2.33. The first-order valence-corrected chi connectivity index (χ1v) is 13.7. The molecule has 3 unspecified atom stereocenters. The fourth-order valence-corrected chi connectivity index (χ4v) is 5.33. The van der Waals surface area contributed by atoms with Crippen LogP contribution < -0.4 is 15.4 Å². The zero-order chi connectivity index (χ0) is 27.2. The highest BCUT2D eigenvalue weighted by Crippen LogP contribution is 2.30. The second-order valence-electron chi connectivity index (χ2n) is 10.9. The van der Waals surface area contributed by atoms with Crippen molar-refractivity contribution < 1.29 is 18.4 Å². The fourth-order valence-electron chi connectivity index (χ4n) is 5.33. The number of aromatic nitrogens is 2. The highest BCUT2D eigenvalue weighted by Gasteiger charge is 2.32. The molecule has 3 heterocycles. The Bertz CT molecular complexity index is 1130. The molecule has 0 bridgehead atoms. The summed E-state index contributed by atoms with van der Waals surface area (Å²) in [6.45, 7) is 9.15. The number of nitrogens with zero attached hydrogens (tertiary/aromatic N) is 5. The molecule has 2 aliphatic rings. The van der Waals surface area contributed by atoms with Crippen molar-refractivity contribution in [1.82, 2.24) is 15.0 Å². The summed E-state index contributed by atoms with van der Waals surface area (Å²) in [6, 6.07) is 6.15. The summed E-state index contributed by atoms with van der Waals surface area (Å²) in [5, 5.41) is 13.3. The number of carbonyl (C=O) groups excluding carboxylic acids is 1. The molecule has 2 aromatic rings. The third-order valence-corrected chi connectivity index (χ3v) is 7.87. The molecule has 1 aromatic heterocycles. The van der Waals surface area contributed by atoms with Gasteiger partial charge in [-0.1, -0.05) is 32.0 Å². The molecule has 214 valence electrons. The molecule has 0 saturated carbocycles. The Balaban J connectivity index is 0.00000420. The molecule has 2 fully saturated rings. The molecule has 11 heteroatoms. The van der Waals surface area contributed by atoms with Gasteiger partial charge in [-0.05, 0) is 62.0 Å². The summed E-state index contributed by atoms with van der Waals surface area (Å²) in [5.74, 6) is 1.77. The van der Waals surface area contributed by atoms with E-state index < -0.39 is 17.9 Å². The molecule has 2 saturated heterocycles. The van der Waals surface area contributed by atoms with Crippen LogP contribution in [0.15, 0.2) is 22.7 Å². The van der Waals surface area contributed by atoms with E-state index in [1.807, 2.05) is 13.8 Å². The quantitative estimate of drug-likeness (QED) is 0.450. The van der Waals surface area contributed by atoms with E-state index >= 15 is 0 Å². The number of likely N-dealkylation sites (tertiary alicyclic amines) is 1. The van der Waals surface area contributed by atoms with Crippen molar-refractivity contribution in [2.45, 2.75) is 77.3 Å². The Kier molecular flexibility index (Phi) is 11.0. The van der Waals surface area contributed by atoms with Crippen molar-refractivity contribution in [3.05, 3.63) is 35.4 Å². The standard InChI is InChI=1S/C28H39FN6O3.ClH/c1-18(2)26-32-28(38-33-26)34-12-8-20(9-13-34)19(3)10-14-37-23-7-6-21(24(29)16-23)15-25(31)27(36)35-11-4-5-22(35)17-30;/h6-7,16,18-20,22,25H,4-5,8-15,31H2,1-3H3;1H. The maximum Gasteiger partial charge on any atom is 0.324 e. The van der Waals surface area contributed by atoms with Crippen LogP contribution in [0.1, 0.15) is 70.2 Å². The molecule has 4 rings (SSSR count). The van der Waals surface area contributed by atoms with Crippen molar-refractivity contribution in [2.24, 2.45) is 17.6 Å². The predicted octanol–water partition coefficient (Wildman–Crippen LogP) is 4.46. The van der Waals surface area contributed by atoms with Crippen LogP contribution in [-0.2, 0) is 11.2 Å². The number of anilines is 1. The minimum atomic E-state index is -0.880. The number of halogens is 2. The topological polar surface area (TPSA) is 122 Å². The van der Waals surface area contributed by atoms with Crippen LogP contribution in [-0.4, -0.2) is 59.3 Å². The Hall–Kier alpha value is -2.90. The number of hydrogen-bond acceptors (Lipinski definition) is 8. The van der Waals surface area contributed by atoms with Gasteiger partial charge < -0.3 is 24.8 Å². The number of nitrogens with two attached hydrogens (primary N) is 1. The molecule has 0 aliphatic carbocycles. The monoisotopic (exact) mass is 562 g/mol. The Morgan fingerprint density at radius 1 is 1.26 bits per heavy atom. The summed E-state index contributed by atoms with van der Waals surface area (Å²) < 4.78 is 26.0. The number of piperidine rings is 1. The number of ether oxygens (including phenoxy) is 1. The van der Waals surface area contributed by atoms with E-state index in [2.05, 4.69) is 28.0 Å². The van der Waals surface area contributed by atoms with Crippen LogP contribution in [0.25, 0.3) is 0 Å². The summed E-state index contributed by atoms with van der Waals surface area (Å²) >= 11 is 0. The number of carbonyl (C=O) groups is 1. The first kappa shape index (κ1) is 30.6. The molecule has 9 nitrogen and oxygen atoms in total. The molecule has 0 spiro atoms. The highest BCUT2D eigenvalue weighted by atomic mass is 35.5. The molecule has 2 N–H and O–H groups in total. The zero-order valence-corrected chi connectivity index (χ0v) is 23.8. The van der Waals surface area contributed by atoms with E-state index in [0.717, 1.165) is 44.6 Å². The van der Waals surface area contributed by atoms with Gasteiger partial charge in [0.15, 0.2) is 5.82 Å². The van der Waals surface area contributed by atoms with E-state index in [0.29, 0.717) is 48.7 Å². The van der Waals surface area contributed by atoms with Crippen molar-refractivity contribution in [2.75, 3.05) is 31.1 Å². The summed E-state index contributed by atoms with van der Waals surface area (Å²) in [5.41, 5.74) is 6.45. The normalized spacial score (nSPS) is 19.5. The van der Waals surface area contributed by atoms with Crippen molar-refractivity contribution in [3.63, 3.8) is 0 Å². The molecular formula is C28H40ClFN6O3. The van der Waals surface area contributed by atoms with Gasteiger partial charge in [0.25, 0.3) is 0 Å². The lowest BCUT2D eigenvalue weighted by atomic mass is 9.84. The fraction of sp³-hybridized carbons (Fsp3) is 0.643. The molecule has 3 atom stereocenters. The highest BCUT2D eigenvalue weighted by molar-refractivity contribution is 5.85. The molecule has 1 amide bonds. The van der Waals surface area contributed by atoms with Gasteiger partial charge in [-0.2, -0.15) is 10.2 Å². The molecule has 2 aliphatic heterocycles. The minimum absolute atomic E-state index is 0. The van der Waals surface area contributed by atoms with Gasteiger partial charge in [0, 0.05) is 31.6 Å². The number of nitriles is 1.